The van der Waals surface area contributed by atoms with Crippen LogP contribution in [0.4, 0.5) is 5.69 Å². The summed E-state index contributed by atoms with van der Waals surface area (Å²) in [5, 5.41) is 10.6. The van der Waals surface area contributed by atoms with E-state index in [-0.39, 0.29) is 10.5 Å². The molecule has 31 heavy (non-hydrogen) atoms. The zero-order valence-corrected chi connectivity index (χ0v) is 17.5. The van der Waals surface area contributed by atoms with Gasteiger partial charge in [0, 0.05) is 5.39 Å². The molecule has 0 saturated carbocycles. The normalized spacial score (nSPS) is 11.4. The second-order valence-electron chi connectivity index (χ2n) is 7.24. The fraction of sp³-hybridized carbons (Fsp3) is 0.0800. The molecule has 0 fully saturated rings. The molecule has 0 bridgehead atoms. The summed E-state index contributed by atoms with van der Waals surface area (Å²) < 4.78 is 29.1. The molecule has 0 saturated heterocycles. The highest BCUT2D eigenvalue weighted by Crippen LogP contribution is 2.26. The Hall–Kier alpha value is -3.64. The Morgan fingerprint density at radius 3 is 2.23 bits per heavy atom. The van der Waals surface area contributed by atoms with Crippen LogP contribution in [-0.4, -0.2) is 19.5 Å². The molecule has 0 atom stereocenters. The summed E-state index contributed by atoms with van der Waals surface area (Å²) in [6.07, 6.45) is 1.27. The lowest BCUT2D eigenvalue weighted by Gasteiger charge is -2.14. The van der Waals surface area contributed by atoms with Crippen molar-refractivity contribution in [1.82, 2.24) is 0 Å². The Balaban J connectivity index is 1.57. The van der Waals surface area contributed by atoms with Crippen LogP contribution in [-0.2, 0) is 22.9 Å². The van der Waals surface area contributed by atoms with Crippen LogP contribution in [0.15, 0.2) is 95.9 Å². The van der Waals surface area contributed by atoms with Crippen LogP contribution in [0.2, 0.25) is 0 Å². The fourth-order valence-corrected chi connectivity index (χ4v) is 4.89. The van der Waals surface area contributed by atoms with Crippen molar-refractivity contribution in [2.45, 2.75) is 17.7 Å². The van der Waals surface area contributed by atoms with Crippen LogP contribution in [0, 0.1) is 0 Å². The zero-order chi connectivity index (χ0) is 21.8. The molecule has 0 aliphatic rings. The number of para-hydroxylation sites is 1. The Morgan fingerprint density at radius 2 is 1.45 bits per heavy atom. The number of nitrogens with one attached hydrogen (secondary N) is 1. The third-order valence-corrected chi connectivity index (χ3v) is 6.61. The van der Waals surface area contributed by atoms with E-state index in [1.807, 2.05) is 36.4 Å². The third kappa shape index (κ3) is 4.59. The van der Waals surface area contributed by atoms with E-state index in [1.54, 1.807) is 54.6 Å². The molecular weight excluding hydrogens is 410 g/mol. The number of carboxylic acids is 1. The zero-order valence-electron chi connectivity index (χ0n) is 16.7. The molecule has 0 aromatic heterocycles. The highest BCUT2D eigenvalue weighted by Gasteiger charge is 2.18. The summed E-state index contributed by atoms with van der Waals surface area (Å²) in [5.41, 5.74) is 2.63. The first-order valence-electron chi connectivity index (χ1n) is 9.85. The molecule has 0 aliphatic carbocycles. The van der Waals surface area contributed by atoms with Gasteiger partial charge < -0.3 is 5.11 Å². The van der Waals surface area contributed by atoms with Crippen molar-refractivity contribution >= 4 is 32.5 Å². The van der Waals surface area contributed by atoms with Crippen molar-refractivity contribution in [3.05, 3.63) is 108 Å². The number of aryl methyl sites for hydroxylation is 2. The number of hydrogen-bond acceptors (Lipinski definition) is 3. The third-order valence-electron chi connectivity index (χ3n) is 5.18. The van der Waals surface area contributed by atoms with Crippen LogP contribution in [0.3, 0.4) is 0 Å². The highest BCUT2D eigenvalue weighted by atomic mass is 32.2. The number of aromatic carboxylic acids is 1. The highest BCUT2D eigenvalue weighted by molar-refractivity contribution is 7.93. The van der Waals surface area contributed by atoms with Crippen molar-refractivity contribution in [3.63, 3.8) is 0 Å². The quantitative estimate of drug-likeness (QED) is 0.425. The molecule has 4 rings (SSSR count). The van der Waals surface area contributed by atoms with E-state index in [4.69, 9.17) is 5.11 Å². The van der Waals surface area contributed by atoms with Crippen molar-refractivity contribution in [2.24, 2.45) is 0 Å². The molecule has 0 spiro atoms. The van der Waals surface area contributed by atoms with Gasteiger partial charge in [0.2, 0.25) is 0 Å². The summed E-state index contributed by atoms with van der Waals surface area (Å²) in [6.45, 7) is 0. The van der Waals surface area contributed by atoms with Crippen LogP contribution >= 0.6 is 0 Å². The van der Waals surface area contributed by atoms with E-state index in [2.05, 4.69) is 4.72 Å². The molecule has 0 radical (unpaired) electrons. The number of rotatable bonds is 7. The molecule has 156 valence electrons. The number of benzene rings is 4. The van der Waals surface area contributed by atoms with E-state index in [1.165, 1.54) is 0 Å². The first-order valence-corrected chi connectivity index (χ1v) is 11.3. The molecule has 6 heteroatoms. The van der Waals surface area contributed by atoms with Gasteiger partial charge in [-0.3, -0.25) is 4.72 Å². The summed E-state index contributed by atoms with van der Waals surface area (Å²) in [4.78, 5) is 11.2. The molecule has 4 aromatic rings. The first kappa shape index (κ1) is 20.6. The molecule has 4 aromatic carbocycles. The summed E-state index contributed by atoms with van der Waals surface area (Å²) >= 11 is 0. The maximum atomic E-state index is 13.2. The van der Waals surface area contributed by atoms with Crippen molar-refractivity contribution in [2.75, 3.05) is 4.72 Å². The number of anilines is 1. The van der Waals surface area contributed by atoms with Gasteiger partial charge in [-0.15, -0.1) is 0 Å². The summed E-state index contributed by atoms with van der Waals surface area (Å²) in [6, 6.07) is 26.7. The van der Waals surface area contributed by atoms with Gasteiger partial charge in [-0.2, -0.15) is 0 Å². The molecule has 0 heterocycles. The minimum atomic E-state index is -3.78. The van der Waals surface area contributed by atoms with Crippen LogP contribution in [0.5, 0.6) is 0 Å². The van der Waals surface area contributed by atoms with Gasteiger partial charge in [-0.05, 0) is 53.6 Å². The number of sulfonamides is 1. The predicted molar refractivity (Wildman–Crippen MR) is 122 cm³/mol. The lowest BCUT2D eigenvalue weighted by molar-refractivity contribution is 0.0697. The maximum Gasteiger partial charge on any atom is 0.335 e. The number of carbonyl (C=O) groups is 1. The molecular formula is C25H21NO4S. The minimum absolute atomic E-state index is 0.240. The molecule has 0 aliphatic heterocycles. The number of hydrogen-bond donors (Lipinski definition) is 2. The van der Waals surface area contributed by atoms with Gasteiger partial charge in [0.15, 0.2) is 0 Å². The second kappa shape index (κ2) is 8.62. The molecule has 0 unspecified atom stereocenters. The monoisotopic (exact) mass is 431 g/mol. The molecule has 2 N–H and O–H groups in total. The van der Waals surface area contributed by atoms with Crippen LogP contribution in [0.25, 0.3) is 10.8 Å². The number of carboxylic acid groups (broad SMARTS) is 1. The van der Waals surface area contributed by atoms with E-state index < -0.39 is 16.0 Å². The molecule has 5 nitrogen and oxygen atoms in total. The average Bonchev–Trinajstić information content (AvgIpc) is 2.78. The SMILES string of the molecule is O=C(O)c1ccc(CCc2ccccc2NS(=O)(=O)c2cccc3ccccc23)cc1. The fourth-order valence-electron chi connectivity index (χ4n) is 3.56. The predicted octanol–water partition coefficient (Wildman–Crippen LogP) is 5.12. The Kier molecular flexibility index (Phi) is 5.73. The lowest BCUT2D eigenvalue weighted by atomic mass is 10.0. The standard InChI is InChI=1S/C25H21NO4S/c27-25(28)21-16-13-18(14-17-21)12-15-20-7-2-4-10-23(20)26-31(29,30)24-11-5-8-19-6-1-3-9-22(19)24/h1-11,13-14,16-17,26H,12,15H2,(H,27,28). The largest absolute Gasteiger partial charge is 0.478 e. The van der Waals surface area contributed by atoms with Crippen molar-refractivity contribution < 1.29 is 18.3 Å². The maximum absolute atomic E-state index is 13.2. The molecule has 0 amide bonds. The van der Waals surface area contributed by atoms with Gasteiger partial charge in [-0.25, -0.2) is 13.2 Å². The van der Waals surface area contributed by atoms with E-state index in [0.29, 0.717) is 23.9 Å². The summed E-state index contributed by atoms with van der Waals surface area (Å²) in [5.74, 6) is -0.959. The van der Waals surface area contributed by atoms with Crippen LogP contribution < -0.4 is 4.72 Å². The van der Waals surface area contributed by atoms with Gasteiger partial charge in [0.05, 0.1) is 16.1 Å². The summed E-state index contributed by atoms with van der Waals surface area (Å²) in [7, 11) is -3.78. The van der Waals surface area contributed by atoms with Gasteiger partial charge in [0.1, 0.15) is 0 Å². The van der Waals surface area contributed by atoms with Crippen LogP contribution in [0.1, 0.15) is 21.5 Å². The first-order chi connectivity index (χ1) is 14.9. The van der Waals surface area contributed by atoms with Crippen molar-refractivity contribution in [1.29, 1.82) is 0 Å². The van der Waals surface area contributed by atoms with E-state index in [0.717, 1.165) is 16.5 Å². The topological polar surface area (TPSA) is 83.5 Å². The average molecular weight is 432 g/mol. The minimum Gasteiger partial charge on any atom is -0.478 e. The second-order valence-corrected chi connectivity index (χ2v) is 8.89. The Bertz CT molecular complexity index is 1340. The van der Waals surface area contributed by atoms with E-state index >= 15 is 0 Å². The Morgan fingerprint density at radius 1 is 0.774 bits per heavy atom. The number of fused-ring (bicyclic) bond motifs is 1. The lowest BCUT2D eigenvalue weighted by Crippen LogP contribution is -2.15. The Labute approximate surface area is 181 Å². The van der Waals surface area contributed by atoms with Gasteiger partial charge in [-0.1, -0.05) is 66.7 Å². The van der Waals surface area contributed by atoms with Crippen molar-refractivity contribution in [3.8, 4) is 0 Å². The van der Waals surface area contributed by atoms with Gasteiger partial charge >= 0.3 is 5.97 Å². The smallest absolute Gasteiger partial charge is 0.335 e. The van der Waals surface area contributed by atoms with E-state index in [9.17, 15) is 13.2 Å². The van der Waals surface area contributed by atoms with Gasteiger partial charge in [0.25, 0.3) is 10.0 Å².